The maximum Gasteiger partial charge on any atom is 1.00 e. The van der Waals surface area contributed by atoms with Crippen molar-refractivity contribution in [2.45, 2.75) is 0 Å². The van der Waals surface area contributed by atoms with Gasteiger partial charge in [0.25, 0.3) is 0 Å². The predicted octanol–water partition coefficient (Wildman–Crippen LogP) is -2.88. The van der Waals surface area contributed by atoms with E-state index in [-0.39, 0.29) is 57.3 Å². The first-order valence-electron chi connectivity index (χ1n) is 2.77. The molecule has 1 aromatic heterocycles. The van der Waals surface area contributed by atoms with E-state index in [1.165, 1.54) is 0 Å². The minimum Gasteiger partial charge on any atom is -0.445 e. The second-order valence-corrected chi connectivity index (χ2v) is 1.95. The van der Waals surface area contributed by atoms with Crippen molar-refractivity contribution in [2.75, 3.05) is 5.73 Å². The van der Waals surface area contributed by atoms with Crippen molar-refractivity contribution in [2.24, 2.45) is 0 Å². The number of halogens is 3. The van der Waals surface area contributed by atoms with Crippen LogP contribution in [0.2, 0.25) is 0 Å². The molecule has 0 amide bonds. The van der Waals surface area contributed by atoms with Crippen LogP contribution in [-0.4, -0.2) is 16.9 Å². The van der Waals surface area contributed by atoms with E-state index in [9.17, 15) is 12.9 Å². The summed E-state index contributed by atoms with van der Waals surface area (Å²) in [4.78, 5) is 6.42. The fourth-order valence-electron chi connectivity index (χ4n) is 0.517. The Morgan fingerprint density at radius 1 is 1.17 bits per heavy atom. The van der Waals surface area contributed by atoms with Crippen LogP contribution in [0, 0.1) is 0 Å². The van der Waals surface area contributed by atoms with Crippen LogP contribution in [0.4, 0.5) is 18.9 Å². The SMILES string of the molecule is Nc1ncc([B-](F)(F)F)cn1.[K+]. The molecular weight excluding hydrogens is 197 g/mol. The zero-order chi connectivity index (χ0) is 8.48. The van der Waals surface area contributed by atoms with Crippen LogP contribution in [0.25, 0.3) is 0 Å². The standard InChI is InChI=1S/C4H4BF3N3.K/c6-5(7,8)3-1-10-4(9)11-2-3;/h1-2H,(H2,9,10,11);/q-1;+1. The zero-order valence-electron chi connectivity index (χ0n) is 6.34. The minimum atomic E-state index is -5.00. The average molecular weight is 201 g/mol. The number of hydrogen-bond donors (Lipinski definition) is 1. The number of hydrogen-bond acceptors (Lipinski definition) is 3. The molecule has 1 rings (SSSR count). The van der Waals surface area contributed by atoms with Gasteiger partial charge in [-0.05, 0) is 0 Å². The maximum absolute atomic E-state index is 11.9. The van der Waals surface area contributed by atoms with E-state index >= 15 is 0 Å². The summed E-state index contributed by atoms with van der Waals surface area (Å²) in [6.07, 6.45) is 1.34. The van der Waals surface area contributed by atoms with Crippen LogP contribution < -0.4 is 62.6 Å². The van der Waals surface area contributed by atoms with Gasteiger partial charge in [-0.3, -0.25) is 0 Å². The number of aromatic nitrogens is 2. The smallest absolute Gasteiger partial charge is 0.445 e. The Hall–Kier alpha value is 0.371. The van der Waals surface area contributed by atoms with Gasteiger partial charge in [0.2, 0.25) is 5.95 Å². The van der Waals surface area contributed by atoms with Crippen molar-refractivity contribution >= 4 is 18.4 Å². The van der Waals surface area contributed by atoms with Crippen molar-refractivity contribution in [3.63, 3.8) is 0 Å². The van der Waals surface area contributed by atoms with E-state index in [4.69, 9.17) is 5.73 Å². The topological polar surface area (TPSA) is 51.8 Å². The molecule has 0 saturated carbocycles. The van der Waals surface area contributed by atoms with E-state index in [2.05, 4.69) is 9.97 Å². The number of rotatable bonds is 1. The Morgan fingerprint density at radius 2 is 1.58 bits per heavy atom. The molecule has 12 heavy (non-hydrogen) atoms. The molecule has 0 spiro atoms. The summed E-state index contributed by atoms with van der Waals surface area (Å²) in [6.45, 7) is -5.00. The Balaban J connectivity index is 0.00000121. The van der Waals surface area contributed by atoms with Crippen LogP contribution in [0.1, 0.15) is 0 Å². The third-order valence-electron chi connectivity index (χ3n) is 1.07. The molecule has 0 aliphatic carbocycles. The van der Waals surface area contributed by atoms with Crippen LogP contribution in [0.15, 0.2) is 12.4 Å². The summed E-state index contributed by atoms with van der Waals surface area (Å²) in [5.74, 6) is -0.159. The van der Waals surface area contributed by atoms with Gasteiger partial charge in [-0.1, -0.05) is 5.46 Å². The third-order valence-corrected chi connectivity index (χ3v) is 1.07. The molecule has 0 aliphatic rings. The molecular formula is C4H4BF3KN3. The first kappa shape index (κ1) is 12.4. The van der Waals surface area contributed by atoms with E-state index in [1.807, 2.05) is 0 Å². The van der Waals surface area contributed by atoms with Gasteiger partial charge in [0, 0.05) is 12.4 Å². The molecule has 0 radical (unpaired) electrons. The Labute approximate surface area is 109 Å². The normalized spacial score (nSPS) is 10.6. The largest absolute Gasteiger partial charge is 1.00 e. The Kier molecular flexibility index (Phi) is 4.70. The van der Waals surface area contributed by atoms with Gasteiger partial charge in [-0.25, -0.2) is 9.97 Å². The molecule has 0 saturated heterocycles. The number of nitrogen functional groups attached to an aromatic ring is 1. The molecule has 0 fully saturated rings. The van der Waals surface area contributed by atoms with E-state index < -0.39 is 12.4 Å². The Bertz CT molecular complexity index is 249. The van der Waals surface area contributed by atoms with Crippen LogP contribution >= 0.6 is 0 Å². The van der Waals surface area contributed by atoms with Crippen molar-refractivity contribution in [1.29, 1.82) is 0 Å². The zero-order valence-corrected chi connectivity index (χ0v) is 9.46. The molecule has 1 aromatic rings. The number of nitrogens with zero attached hydrogens (tertiary/aromatic N) is 2. The number of anilines is 1. The summed E-state index contributed by atoms with van der Waals surface area (Å²) < 4.78 is 35.6. The predicted molar refractivity (Wildman–Crippen MR) is 35.2 cm³/mol. The Morgan fingerprint density at radius 3 is 1.92 bits per heavy atom. The molecule has 2 N–H and O–H groups in total. The first-order chi connectivity index (χ1) is 5.00. The summed E-state index contributed by atoms with van der Waals surface area (Å²) in [5, 5.41) is 0. The molecule has 3 nitrogen and oxygen atoms in total. The van der Waals surface area contributed by atoms with Gasteiger partial charge in [0.05, 0.1) is 0 Å². The summed E-state index contributed by atoms with van der Waals surface area (Å²) in [6, 6.07) is 0. The quantitative estimate of drug-likeness (QED) is 0.496. The molecule has 0 aliphatic heterocycles. The average Bonchev–Trinajstić information content (AvgIpc) is 1.86. The molecule has 0 unspecified atom stereocenters. The fourth-order valence-corrected chi connectivity index (χ4v) is 0.517. The first-order valence-corrected chi connectivity index (χ1v) is 2.77. The molecule has 60 valence electrons. The van der Waals surface area contributed by atoms with Gasteiger partial charge in [-0.15, -0.1) is 0 Å². The number of nitrogens with two attached hydrogens (primary N) is 1. The second kappa shape index (κ2) is 4.56. The summed E-state index contributed by atoms with van der Waals surface area (Å²) in [7, 11) is 0. The maximum atomic E-state index is 11.9. The minimum absolute atomic E-state index is 0. The van der Waals surface area contributed by atoms with Crippen LogP contribution in [-0.2, 0) is 0 Å². The van der Waals surface area contributed by atoms with Crippen LogP contribution in [0.3, 0.4) is 0 Å². The van der Waals surface area contributed by atoms with Gasteiger partial charge in [0.1, 0.15) is 0 Å². The molecule has 0 aromatic carbocycles. The van der Waals surface area contributed by atoms with E-state index in [1.54, 1.807) is 0 Å². The second-order valence-electron chi connectivity index (χ2n) is 1.95. The monoisotopic (exact) mass is 201 g/mol. The van der Waals surface area contributed by atoms with Gasteiger partial charge < -0.3 is 18.7 Å². The van der Waals surface area contributed by atoms with E-state index in [0.29, 0.717) is 12.4 Å². The van der Waals surface area contributed by atoms with Crippen molar-refractivity contribution in [3.05, 3.63) is 12.4 Å². The molecule has 1 heterocycles. The molecule has 8 heteroatoms. The van der Waals surface area contributed by atoms with Crippen LogP contribution in [0.5, 0.6) is 0 Å². The fraction of sp³-hybridized carbons (Fsp3) is 0. The van der Waals surface area contributed by atoms with Crippen molar-refractivity contribution < 1.29 is 64.3 Å². The van der Waals surface area contributed by atoms with Gasteiger partial charge in [0.15, 0.2) is 0 Å². The summed E-state index contributed by atoms with van der Waals surface area (Å²) in [5.41, 5.74) is 4.15. The van der Waals surface area contributed by atoms with Crippen molar-refractivity contribution in [1.82, 2.24) is 9.97 Å². The third kappa shape index (κ3) is 3.40. The van der Waals surface area contributed by atoms with Gasteiger partial charge >= 0.3 is 58.4 Å². The van der Waals surface area contributed by atoms with Gasteiger partial charge in [-0.2, -0.15) is 0 Å². The molecule has 0 atom stereocenters. The molecule has 0 bridgehead atoms. The van der Waals surface area contributed by atoms with Crippen molar-refractivity contribution in [3.8, 4) is 0 Å². The van der Waals surface area contributed by atoms with E-state index in [0.717, 1.165) is 0 Å². The summed E-state index contributed by atoms with van der Waals surface area (Å²) >= 11 is 0.